The van der Waals surface area contributed by atoms with Crippen LogP contribution in [0.15, 0.2) is 29.5 Å². The van der Waals surface area contributed by atoms with Crippen LogP contribution in [0.4, 0.5) is 0 Å². The predicted octanol–water partition coefficient (Wildman–Crippen LogP) is 3.23. The fourth-order valence-electron chi connectivity index (χ4n) is 2.40. The largest absolute Gasteiger partial charge is 0.346 e. The molecule has 92 valence electrons. The van der Waals surface area contributed by atoms with Gasteiger partial charge in [0.2, 0.25) is 0 Å². The van der Waals surface area contributed by atoms with Gasteiger partial charge >= 0.3 is 0 Å². The molecule has 0 unspecified atom stereocenters. The second-order valence-corrected chi connectivity index (χ2v) is 5.19. The van der Waals surface area contributed by atoms with Gasteiger partial charge in [-0.1, -0.05) is 19.9 Å². The van der Waals surface area contributed by atoms with E-state index in [1.165, 1.54) is 22.1 Å². The van der Waals surface area contributed by atoms with E-state index < -0.39 is 0 Å². The van der Waals surface area contributed by atoms with Gasteiger partial charge in [0.05, 0.1) is 6.54 Å². The number of fused-ring (bicyclic) bond motifs is 1. The van der Waals surface area contributed by atoms with Gasteiger partial charge in [0.15, 0.2) is 0 Å². The third-order valence-corrected chi connectivity index (χ3v) is 3.19. The number of pyridine rings is 1. The van der Waals surface area contributed by atoms with Gasteiger partial charge in [-0.05, 0) is 29.5 Å². The van der Waals surface area contributed by atoms with Gasteiger partial charge in [0.1, 0.15) is 5.65 Å². The highest BCUT2D eigenvalue weighted by Gasteiger charge is 2.11. The van der Waals surface area contributed by atoms with Crippen molar-refractivity contribution in [3.05, 3.63) is 35.7 Å². The third kappa shape index (κ3) is 1.96. The summed E-state index contributed by atoms with van der Waals surface area (Å²) in [4.78, 5) is 12.0. The minimum absolute atomic E-state index is 0.652. The van der Waals surface area contributed by atoms with Crippen LogP contribution in [0.25, 0.3) is 16.6 Å². The lowest BCUT2D eigenvalue weighted by Crippen LogP contribution is -1.95. The highest BCUT2D eigenvalue weighted by atomic mass is 14.8. The van der Waals surface area contributed by atoms with Crippen LogP contribution < -0.4 is 0 Å². The molecule has 0 radical (unpaired) electrons. The number of allylic oxidation sites excluding steroid dienone is 1. The lowest BCUT2D eigenvalue weighted by Gasteiger charge is -2.05. The maximum atomic E-state index is 4.50. The standard InChI is InChI=1S/C15H17N3/c1-10(2)5-11-6-13-14(12-3-4-16-8-12)9-18-15(13)17-7-11/h3,6-10H,4-5H2,1-2H3,(H,17,18). The summed E-state index contributed by atoms with van der Waals surface area (Å²) in [7, 11) is 0. The molecule has 0 aliphatic carbocycles. The van der Waals surface area contributed by atoms with Crippen molar-refractivity contribution in [2.75, 3.05) is 6.54 Å². The zero-order chi connectivity index (χ0) is 12.5. The van der Waals surface area contributed by atoms with Crippen molar-refractivity contribution in [3.63, 3.8) is 0 Å². The third-order valence-electron chi connectivity index (χ3n) is 3.19. The van der Waals surface area contributed by atoms with E-state index >= 15 is 0 Å². The van der Waals surface area contributed by atoms with Crippen LogP contribution >= 0.6 is 0 Å². The summed E-state index contributed by atoms with van der Waals surface area (Å²) in [6, 6.07) is 2.25. The summed E-state index contributed by atoms with van der Waals surface area (Å²) in [5.74, 6) is 0.652. The first-order valence-corrected chi connectivity index (χ1v) is 6.40. The molecule has 0 saturated heterocycles. The van der Waals surface area contributed by atoms with Crippen LogP contribution in [0.3, 0.4) is 0 Å². The van der Waals surface area contributed by atoms with E-state index in [9.17, 15) is 0 Å². The Labute approximate surface area is 107 Å². The summed E-state index contributed by atoms with van der Waals surface area (Å²) in [5.41, 5.74) is 4.67. The minimum Gasteiger partial charge on any atom is -0.346 e. The Morgan fingerprint density at radius 1 is 1.39 bits per heavy atom. The molecule has 0 aromatic carbocycles. The Kier molecular flexibility index (Phi) is 2.74. The first-order chi connectivity index (χ1) is 8.74. The molecule has 3 nitrogen and oxygen atoms in total. The van der Waals surface area contributed by atoms with Gasteiger partial charge in [0.25, 0.3) is 0 Å². The molecule has 0 bridgehead atoms. The molecule has 0 amide bonds. The molecule has 1 aliphatic heterocycles. The lowest BCUT2D eigenvalue weighted by atomic mass is 10.0. The molecule has 1 N–H and O–H groups in total. The van der Waals surface area contributed by atoms with Crippen LogP contribution in [0.1, 0.15) is 25.0 Å². The predicted molar refractivity (Wildman–Crippen MR) is 76.0 cm³/mol. The van der Waals surface area contributed by atoms with Crippen LogP contribution in [-0.2, 0) is 6.42 Å². The van der Waals surface area contributed by atoms with Crippen molar-refractivity contribution in [3.8, 4) is 0 Å². The fraction of sp³-hybridized carbons (Fsp3) is 0.333. The van der Waals surface area contributed by atoms with Gasteiger partial charge in [-0.15, -0.1) is 0 Å². The molecule has 2 aromatic heterocycles. The maximum Gasteiger partial charge on any atom is 0.137 e. The van der Waals surface area contributed by atoms with E-state index in [2.05, 4.69) is 41.0 Å². The number of rotatable bonds is 3. The Balaban J connectivity index is 2.07. The molecule has 0 saturated carbocycles. The van der Waals surface area contributed by atoms with Gasteiger partial charge in [-0.2, -0.15) is 0 Å². The second-order valence-electron chi connectivity index (χ2n) is 5.19. The van der Waals surface area contributed by atoms with Crippen LogP contribution in [-0.4, -0.2) is 22.7 Å². The summed E-state index contributed by atoms with van der Waals surface area (Å²) in [5, 5.41) is 1.20. The van der Waals surface area contributed by atoms with E-state index in [-0.39, 0.29) is 0 Å². The smallest absolute Gasteiger partial charge is 0.137 e. The molecular weight excluding hydrogens is 222 g/mol. The van der Waals surface area contributed by atoms with Crippen LogP contribution in [0.2, 0.25) is 0 Å². The van der Waals surface area contributed by atoms with Crippen molar-refractivity contribution < 1.29 is 0 Å². The number of nitrogens with zero attached hydrogens (tertiary/aromatic N) is 2. The summed E-state index contributed by atoms with van der Waals surface area (Å²) >= 11 is 0. The Hall–Kier alpha value is -1.90. The van der Waals surface area contributed by atoms with Gasteiger partial charge in [-0.3, -0.25) is 4.99 Å². The minimum atomic E-state index is 0.652. The molecule has 0 atom stereocenters. The summed E-state index contributed by atoms with van der Waals surface area (Å²) in [6.07, 6.45) is 9.16. The molecule has 18 heavy (non-hydrogen) atoms. The highest BCUT2D eigenvalue weighted by molar-refractivity contribution is 6.15. The molecule has 0 spiro atoms. The van der Waals surface area contributed by atoms with E-state index in [4.69, 9.17) is 0 Å². The zero-order valence-electron chi connectivity index (χ0n) is 10.8. The van der Waals surface area contributed by atoms with Crippen molar-refractivity contribution >= 4 is 22.8 Å². The molecule has 1 aliphatic rings. The van der Waals surface area contributed by atoms with Crippen LogP contribution in [0.5, 0.6) is 0 Å². The number of aromatic nitrogens is 2. The number of H-pyrrole nitrogens is 1. The van der Waals surface area contributed by atoms with E-state index in [1.54, 1.807) is 0 Å². The van der Waals surface area contributed by atoms with E-state index in [0.717, 1.165) is 18.6 Å². The van der Waals surface area contributed by atoms with Gasteiger partial charge < -0.3 is 4.98 Å². The number of nitrogens with one attached hydrogen (secondary N) is 1. The molecule has 3 heterocycles. The molecule has 0 fully saturated rings. The number of aromatic amines is 1. The molecular formula is C15H17N3. The number of aliphatic imine (C=N–C) groups is 1. The first-order valence-electron chi connectivity index (χ1n) is 6.40. The Bertz CT molecular complexity index is 632. The molecule has 3 rings (SSSR count). The lowest BCUT2D eigenvalue weighted by molar-refractivity contribution is 0.646. The van der Waals surface area contributed by atoms with Gasteiger partial charge in [0, 0.05) is 29.6 Å². The van der Waals surface area contributed by atoms with Crippen molar-refractivity contribution in [1.82, 2.24) is 9.97 Å². The second kappa shape index (κ2) is 4.41. The number of hydrogen-bond donors (Lipinski definition) is 1. The monoisotopic (exact) mass is 239 g/mol. The topological polar surface area (TPSA) is 41.0 Å². The average Bonchev–Trinajstić information content (AvgIpc) is 2.94. The zero-order valence-corrected chi connectivity index (χ0v) is 10.8. The average molecular weight is 239 g/mol. The van der Waals surface area contributed by atoms with Crippen molar-refractivity contribution in [2.24, 2.45) is 10.9 Å². The number of hydrogen-bond acceptors (Lipinski definition) is 2. The Morgan fingerprint density at radius 2 is 2.28 bits per heavy atom. The van der Waals surface area contributed by atoms with Crippen LogP contribution in [0, 0.1) is 5.92 Å². The molecule has 3 heteroatoms. The summed E-state index contributed by atoms with van der Waals surface area (Å²) in [6.45, 7) is 5.25. The van der Waals surface area contributed by atoms with Crippen molar-refractivity contribution in [1.29, 1.82) is 0 Å². The summed E-state index contributed by atoms with van der Waals surface area (Å²) < 4.78 is 0. The highest BCUT2D eigenvalue weighted by Crippen LogP contribution is 2.25. The van der Waals surface area contributed by atoms with E-state index in [1.807, 2.05) is 18.6 Å². The van der Waals surface area contributed by atoms with Crippen molar-refractivity contribution in [2.45, 2.75) is 20.3 Å². The quantitative estimate of drug-likeness (QED) is 0.877. The maximum absolute atomic E-state index is 4.50. The SMILES string of the molecule is CC(C)Cc1cnc2[nH]cc(C3=CCN=C3)c2c1. The normalized spacial score (nSPS) is 14.7. The first kappa shape index (κ1) is 11.2. The fourth-order valence-corrected chi connectivity index (χ4v) is 2.40. The Morgan fingerprint density at radius 3 is 3.00 bits per heavy atom. The molecule has 2 aromatic rings. The van der Waals surface area contributed by atoms with E-state index in [0.29, 0.717) is 5.92 Å². The van der Waals surface area contributed by atoms with Gasteiger partial charge in [-0.25, -0.2) is 4.98 Å².